The number of rotatable bonds is 10. The first kappa shape index (κ1) is 25.6. The van der Waals surface area contributed by atoms with Crippen LogP contribution in [0, 0.1) is 13.8 Å². The number of para-hydroxylation sites is 3. The molecule has 1 unspecified atom stereocenters. The summed E-state index contributed by atoms with van der Waals surface area (Å²) < 4.78 is 13.5. The van der Waals surface area contributed by atoms with E-state index in [1.54, 1.807) is 19.2 Å². The van der Waals surface area contributed by atoms with Crippen molar-refractivity contribution in [3.63, 3.8) is 0 Å². The van der Waals surface area contributed by atoms with Crippen LogP contribution in [0.5, 0.6) is 11.5 Å². The van der Waals surface area contributed by atoms with E-state index < -0.39 is 0 Å². The predicted octanol–water partition coefficient (Wildman–Crippen LogP) is 6.67. The minimum atomic E-state index is -0.286. The molecule has 1 aromatic heterocycles. The number of methoxy groups -OCH3 is 1. The van der Waals surface area contributed by atoms with Gasteiger partial charge in [0.2, 0.25) is 0 Å². The lowest BCUT2D eigenvalue weighted by atomic mass is 10.1. The molecule has 1 atom stereocenters. The number of fused-ring (bicyclic) bond motifs is 1. The Bertz CT molecular complexity index is 1340. The number of halogens is 1. The molecule has 0 fully saturated rings. The molecular weight excluding hydrogens is 474 g/mol. The Morgan fingerprint density at radius 1 is 1.06 bits per heavy atom. The van der Waals surface area contributed by atoms with E-state index in [0.717, 1.165) is 58.1 Å². The summed E-state index contributed by atoms with van der Waals surface area (Å²) in [6.07, 6.45) is 1.79. The summed E-state index contributed by atoms with van der Waals surface area (Å²) in [7, 11) is 1.56. The third-order valence-corrected chi connectivity index (χ3v) is 6.82. The maximum absolute atomic E-state index is 13.0. The van der Waals surface area contributed by atoms with Gasteiger partial charge in [-0.3, -0.25) is 4.79 Å². The minimum Gasteiger partial charge on any atom is -0.496 e. The van der Waals surface area contributed by atoms with Crippen molar-refractivity contribution < 1.29 is 14.3 Å². The molecule has 3 aromatic carbocycles. The van der Waals surface area contributed by atoms with E-state index in [-0.39, 0.29) is 11.9 Å². The van der Waals surface area contributed by atoms with E-state index >= 15 is 0 Å². The maximum Gasteiger partial charge on any atom is 0.255 e. The van der Waals surface area contributed by atoms with Gasteiger partial charge in [-0.1, -0.05) is 35.9 Å². The van der Waals surface area contributed by atoms with Crippen LogP contribution < -0.4 is 14.8 Å². The van der Waals surface area contributed by atoms with E-state index in [4.69, 9.17) is 26.1 Å². The quantitative estimate of drug-likeness (QED) is 0.244. The Labute approximate surface area is 217 Å². The molecule has 6 nitrogen and oxygen atoms in total. The summed E-state index contributed by atoms with van der Waals surface area (Å²) in [6, 6.07) is 18.9. The summed E-state index contributed by atoms with van der Waals surface area (Å²) in [5.74, 6) is 2.02. The Morgan fingerprint density at radius 3 is 2.50 bits per heavy atom. The van der Waals surface area contributed by atoms with Gasteiger partial charge in [-0.2, -0.15) is 0 Å². The van der Waals surface area contributed by atoms with Gasteiger partial charge in [0.05, 0.1) is 36.4 Å². The topological polar surface area (TPSA) is 65.4 Å². The number of carbonyl (C=O) groups is 1. The van der Waals surface area contributed by atoms with Crippen molar-refractivity contribution in [2.45, 2.75) is 46.2 Å². The number of nitrogens with zero attached hydrogens (tertiary/aromatic N) is 2. The highest BCUT2D eigenvalue weighted by molar-refractivity contribution is 6.32. The molecule has 0 aliphatic rings. The number of carbonyl (C=O) groups excluding carboxylic acids is 1. The SMILES string of the molecule is COc1ccccc1C(=O)NC(C)c1nc2ccccc2n1CCCCOc1cc(C)c(Cl)c(C)c1. The minimum absolute atomic E-state index is 0.194. The van der Waals surface area contributed by atoms with E-state index in [1.165, 1.54) is 0 Å². The molecule has 0 spiro atoms. The molecule has 1 N–H and O–H groups in total. The number of aryl methyl sites for hydroxylation is 3. The highest BCUT2D eigenvalue weighted by Crippen LogP contribution is 2.26. The highest BCUT2D eigenvalue weighted by Gasteiger charge is 2.20. The van der Waals surface area contributed by atoms with Gasteiger partial charge in [-0.15, -0.1) is 0 Å². The Hall–Kier alpha value is -3.51. The fourth-order valence-corrected chi connectivity index (χ4v) is 4.49. The number of hydrogen-bond acceptors (Lipinski definition) is 4. The monoisotopic (exact) mass is 505 g/mol. The van der Waals surface area contributed by atoms with E-state index in [9.17, 15) is 4.79 Å². The van der Waals surface area contributed by atoms with Crippen LogP contribution in [0.1, 0.15) is 53.1 Å². The van der Waals surface area contributed by atoms with Gasteiger partial charge >= 0.3 is 0 Å². The molecule has 7 heteroatoms. The van der Waals surface area contributed by atoms with Crippen LogP contribution >= 0.6 is 11.6 Å². The number of imidazole rings is 1. The van der Waals surface area contributed by atoms with Crippen LogP contribution in [0.3, 0.4) is 0 Å². The lowest BCUT2D eigenvalue weighted by molar-refractivity contribution is 0.0934. The van der Waals surface area contributed by atoms with Crippen molar-refractivity contribution in [3.8, 4) is 11.5 Å². The average Bonchev–Trinajstić information content (AvgIpc) is 3.25. The van der Waals surface area contributed by atoms with Crippen LogP contribution in [0.2, 0.25) is 5.02 Å². The number of benzene rings is 3. The second-order valence-corrected chi connectivity index (χ2v) is 9.31. The average molecular weight is 506 g/mol. The van der Waals surface area contributed by atoms with Crippen molar-refractivity contribution in [2.24, 2.45) is 0 Å². The van der Waals surface area contributed by atoms with Gasteiger partial charge in [-0.25, -0.2) is 4.98 Å². The Morgan fingerprint density at radius 2 is 1.75 bits per heavy atom. The van der Waals surface area contributed by atoms with Gasteiger partial charge in [0.15, 0.2) is 0 Å². The molecule has 0 saturated carbocycles. The van der Waals surface area contributed by atoms with Crippen molar-refractivity contribution in [3.05, 3.63) is 88.2 Å². The largest absolute Gasteiger partial charge is 0.496 e. The predicted molar refractivity (Wildman–Crippen MR) is 144 cm³/mol. The van der Waals surface area contributed by atoms with Crippen LogP contribution in [-0.2, 0) is 6.54 Å². The molecule has 188 valence electrons. The van der Waals surface area contributed by atoms with Gasteiger partial charge in [0, 0.05) is 11.6 Å². The van der Waals surface area contributed by atoms with E-state index in [0.29, 0.717) is 17.9 Å². The van der Waals surface area contributed by atoms with Crippen LogP contribution in [0.15, 0.2) is 60.7 Å². The molecule has 36 heavy (non-hydrogen) atoms. The number of nitrogens with one attached hydrogen (secondary N) is 1. The van der Waals surface area contributed by atoms with Crippen molar-refractivity contribution >= 4 is 28.5 Å². The first-order valence-electron chi connectivity index (χ1n) is 12.2. The summed E-state index contributed by atoms with van der Waals surface area (Å²) in [4.78, 5) is 17.8. The highest BCUT2D eigenvalue weighted by atomic mass is 35.5. The molecule has 0 bridgehead atoms. The molecular formula is C29H32ClN3O3. The zero-order chi connectivity index (χ0) is 25.7. The summed E-state index contributed by atoms with van der Waals surface area (Å²) in [6.45, 7) is 7.32. The molecule has 4 aromatic rings. The Balaban J connectivity index is 1.43. The van der Waals surface area contributed by atoms with Crippen molar-refractivity contribution in [1.82, 2.24) is 14.9 Å². The standard InChI is InChI=1S/C29H32ClN3O3/c1-19-17-22(18-20(2)27(19)30)36-16-10-9-15-33-25-13-7-6-12-24(25)32-28(33)21(3)31-29(34)23-11-5-8-14-26(23)35-4/h5-8,11-14,17-18,21H,9-10,15-16H2,1-4H3,(H,31,34). The molecule has 1 amide bonds. The first-order chi connectivity index (χ1) is 17.4. The number of hydrogen-bond donors (Lipinski definition) is 1. The lowest BCUT2D eigenvalue weighted by Crippen LogP contribution is -2.29. The Kier molecular flexibility index (Phi) is 8.16. The van der Waals surface area contributed by atoms with Crippen LogP contribution in [0.25, 0.3) is 11.0 Å². The fourth-order valence-electron chi connectivity index (χ4n) is 4.38. The lowest BCUT2D eigenvalue weighted by Gasteiger charge is -2.17. The van der Waals surface area contributed by atoms with Crippen LogP contribution in [-0.4, -0.2) is 29.2 Å². The van der Waals surface area contributed by atoms with Gasteiger partial charge < -0.3 is 19.4 Å². The second-order valence-electron chi connectivity index (χ2n) is 8.93. The van der Waals surface area contributed by atoms with Gasteiger partial charge in [0.25, 0.3) is 5.91 Å². The second kappa shape index (κ2) is 11.5. The number of amides is 1. The number of aromatic nitrogens is 2. The first-order valence-corrected chi connectivity index (χ1v) is 12.6. The molecule has 0 radical (unpaired) electrons. The summed E-state index contributed by atoms with van der Waals surface area (Å²) in [5.41, 5.74) is 4.50. The maximum atomic E-state index is 13.0. The zero-order valence-electron chi connectivity index (χ0n) is 21.2. The normalized spacial score (nSPS) is 11.9. The molecule has 1 heterocycles. The zero-order valence-corrected chi connectivity index (χ0v) is 21.9. The van der Waals surface area contributed by atoms with E-state index in [1.807, 2.05) is 63.2 Å². The summed E-state index contributed by atoms with van der Waals surface area (Å²) in [5, 5.41) is 3.87. The number of unbranched alkanes of at least 4 members (excludes halogenated alkanes) is 1. The van der Waals surface area contributed by atoms with Crippen molar-refractivity contribution in [2.75, 3.05) is 13.7 Å². The van der Waals surface area contributed by atoms with Crippen LogP contribution in [0.4, 0.5) is 0 Å². The molecule has 0 saturated heterocycles. The fraction of sp³-hybridized carbons (Fsp3) is 0.310. The summed E-state index contributed by atoms with van der Waals surface area (Å²) >= 11 is 6.26. The smallest absolute Gasteiger partial charge is 0.255 e. The van der Waals surface area contributed by atoms with Gasteiger partial charge in [0.1, 0.15) is 17.3 Å². The third-order valence-electron chi connectivity index (χ3n) is 6.23. The van der Waals surface area contributed by atoms with E-state index in [2.05, 4.69) is 16.0 Å². The van der Waals surface area contributed by atoms with Gasteiger partial charge in [-0.05, 0) is 81.1 Å². The molecule has 0 aliphatic carbocycles. The third kappa shape index (κ3) is 5.65. The number of ether oxygens (including phenoxy) is 2. The molecule has 4 rings (SSSR count). The van der Waals surface area contributed by atoms with Crippen molar-refractivity contribution in [1.29, 1.82) is 0 Å². The molecule has 0 aliphatic heterocycles.